The number of rotatable bonds is 5. The fraction of sp³-hybridized carbons (Fsp3) is 0.400. The van der Waals surface area contributed by atoms with Gasteiger partial charge >= 0.3 is 0 Å². The van der Waals surface area contributed by atoms with Gasteiger partial charge in [-0.3, -0.25) is 0 Å². The second-order valence-electron chi connectivity index (χ2n) is 2.81. The summed E-state index contributed by atoms with van der Waals surface area (Å²) in [6.45, 7) is 0.777. The average molecular weight is 237 g/mol. The molecular weight excluding hydrogens is 226 g/mol. The molecule has 0 spiro atoms. The van der Waals surface area contributed by atoms with Gasteiger partial charge in [0, 0.05) is 18.1 Å². The summed E-state index contributed by atoms with van der Waals surface area (Å²) in [5.41, 5.74) is 0.479. The third-order valence-electron chi connectivity index (χ3n) is 1.71. The van der Waals surface area contributed by atoms with Gasteiger partial charge in [-0.15, -0.1) is 11.6 Å². The minimum atomic E-state index is -0.403. The van der Waals surface area contributed by atoms with Gasteiger partial charge in [0.15, 0.2) is 0 Å². The highest BCUT2D eigenvalue weighted by atomic mass is 35.5. The van der Waals surface area contributed by atoms with Crippen LogP contribution < -0.4 is 0 Å². The smallest absolute Gasteiger partial charge is 0.147 e. The van der Waals surface area contributed by atoms with Crippen molar-refractivity contribution in [3.05, 3.63) is 34.6 Å². The molecule has 0 fully saturated rings. The molecule has 0 unspecified atom stereocenters. The molecule has 0 aliphatic rings. The van der Waals surface area contributed by atoms with Crippen molar-refractivity contribution in [3.8, 4) is 0 Å². The topological polar surface area (TPSA) is 9.23 Å². The van der Waals surface area contributed by atoms with E-state index in [1.807, 2.05) is 0 Å². The van der Waals surface area contributed by atoms with Crippen molar-refractivity contribution in [2.45, 2.75) is 13.0 Å². The van der Waals surface area contributed by atoms with Gasteiger partial charge in [0.05, 0.1) is 11.6 Å². The molecule has 78 valence electrons. The molecule has 0 N–H and O–H groups in total. The Kier molecular flexibility index (Phi) is 5.23. The second kappa shape index (κ2) is 6.23. The van der Waals surface area contributed by atoms with Crippen LogP contribution in [0.2, 0.25) is 5.02 Å². The number of halogens is 3. The van der Waals surface area contributed by atoms with Crippen molar-refractivity contribution in [2.75, 3.05) is 12.5 Å². The Hall–Kier alpha value is -0.310. The highest BCUT2D eigenvalue weighted by molar-refractivity contribution is 6.30. The summed E-state index contributed by atoms with van der Waals surface area (Å²) in [6, 6.07) is 4.87. The molecule has 14 heavy (non-hydrogen) atoms. The van der Waals surface area contributed by atoms with Crippen LogP contribution in [0.25, 0.3) is 0 Å². The lowest BCUT2D eigenvalue weighted by molar-refractivity contribution is 0.119. The molecule has 1 aromatic carbocycles. The highest BCUT2D eigenvalue weighted by Crippen LogP contribution is 2.18. The first-order valence-corrected chi connectivity index (χ1v) is 5.23. The van der Waals surface area contributed by atoms with Crippen LogP contribution in [0, 0.1) is 5.82 Å². The molecule has 1 nitrogen and oxygen atoms in total. The Morgan fingerprint density at radius 3 is 2.86 bits per heavy atom. The van der Waals surface area contributed by atoms with E-state index in [0.717, 1.165) is 6.42 Å². The lowest BCUT2D eigenvalue weighted by atomic mass is 10.2. The third kappa shape index (κ3) is 3.45. The largest absolute Gasteiger partial charge is 0.377 e. The molecular formula is C10H11Cl2FO. The Balaban J connectivity index is 2.46. The fourth-order valence-corrected chi connectivity index (χ4v) is 1.30. The van der Waals surface area contributed by atoms with Gasteiger partial charge in [-0.05, 0) is 12.5 Å². The summed E-state index contributed by atoms with van der Waals surface area (Å²) in [4.78, 5) is 0. The molecule has 1 rings (SSSR count). The summed E-state index contributed by atoms with van der Waals surface area (Å²) in [7, 11) is 0. The first-order chi connectivity index (χ1) is 6.75. The van der Waals surface area contributed by atoms with Crippen molar-refractivity contribution in [1.29, 1.82) is 0 Å². The SMILES string of the molecule is Fc1c(Cl)cccc1COCCCCl. The van der Waals surface area contributed by atoms with Crippen LogP contribution in [0.15, 0.2) is 18.2 Å². The Labute approximate surface area is 92.8 Å². The van der Waals surface area contributed by atoms with E-state index in [-0.39, 0.29) is 11.6 Å². The van der Waals surface area contributed by atoms with Crippen molar-refractivity contribution in [1.82, 2.24) is 0 Å². The van der Waals surface area contributed by atoms with Crippen molar-refractivity contribution < 1.29 is 9.13 Å². The number of alkyl halides is 1. The van der Waals surface area contributed by atoms with E-state index in [9.17, 15) is 4.39 Å². The molecule has 0 saturated heterocycles. The molecule has 0 amide bonds. The first kappa shape index (κ1) is 11.8. The van der Waals surface area contributed by atoms with Gasteiger partial charge < -0.3 is 4.74 Å². The fourth-order valence-electron chi connectivity index (χ4n) is 0.999. The van der Waals surface area contributed by atoms with Gasteiger partial charge in [-0.1, -0.05) is 23.7 Å². The Morgan fingerprint density at radius 1 is 1.36 bits per heavy atom. The lowest BCUT2D eigenvalue weighted by Crippen LogP contribution is -1.98. The van der Waals surface area contributed by atoms with Crippen LogP contribution in [0.1, 0.15) is 12.0 Å². The molecule has 1 aromatic rings. The second-order valence-corrected chi connectivity index (χ2v) is 3.59. The van der Waals surface area contributed by atoms with E-state index in [2.05, 4.69) is 0 Å². The summed E-state index contributed by atoms with van der Waals surface area (Å²) < 4.78 is 18.5. The van der Waals surface area contributed by atoms with Crippen LogP contribution in [-0.4, -0.2) is 12.5 Å². The first-order valence-electron chi connectivity index (χ1n) is 4.32. The van der Waals surface area contributed by atoms with E-state index < -0.39 is 5.82 Å². The van der Waals surface area contributed by atoms with Crippen LogP contribution in [-0.2, 0) is 11.3 Å². The molecule has 0 saturated carbocycles. The van der Waals surface area contributed by atoms with Crippen LogP contribution in [0.3, 0.4) is 0 Å². The number of benzene rings is 1. The summed E-state index contributed by atoms with van der Waals surface area (Å²) in [5, 5.41) is 0.128. The van der Waals surface area contributed by atoms with Crippen LogP contribution in [0.5, 0.6) is 0 Å². The zero-order valence-electron chi connectivity index (χ0n) is 7.60. The van der Waals surface area contributed by atoms with Gasteiger partial charge in [-0.2, -0.15) is 0 Å². The molecule has 0 bridgehead atoms. The Morgan fingerprint density at radius 2 is 2.14 bits per heavy atom. The minimum Gasteiger partial charge on any atom is -0.377 e. The zero-order valence-corrected chi connectivity index (χ0v) is 9.11. The van der Waals surface area contributed by atoms with Gasteiger partial charge in [0.2, 0.25) is 0 Å². The summed E-state index contributed by atoms with van der Waals surface area (Å²) in [6.07, 6.45) is 0.768. The predicted molar refractivity (Wildman–Crippen MR) is 56.4 cm³/mol. The number of ether oxygens (including phenoxy) is 1. The normalized spacial score (nSPS) is 10.5. The molecule has 0 radical (unpaired) electrons. The van der Waals surface area contributed by atoms with Crippen molar-refractivity contribution >= 4 is 23.2 Å². The quantitative estimate of drug-likeness (QED) is 0.561. The van der Waals surface area contributed by atoms with E-state index >= 15 is 0 Å². The molecule has 0 aliphatic carbocycles. The lowest BCUT2D eigenvalue weighted by Gasteiger charge is -2.05. The van der Waals surface area contributed by atoms with Crippen molar-refractivity contribution in [3.63, 3.8) is 0 Å². The summed E-state index contributed by atoms with van der Waals surface area (Å²) >= 11 is 11.1. The zero-order chi connectivity index (χ0) is 10.4. The number of hydrogen-bond donors (Lipinski definition) is 0. The molecule has 4 heteroatoms. The summed E-state index contributed by atoms with van der Waals surface area (Å²) in [5.74, 6) is 0.151. The number of hydrogen-bond acceptors (Lipinski definition) is 1. The van der Waals surface area contributed by atoms with Crippen LogP contribution in [0.4, 0.5) is 4.39 Å². The molecule has 0 aromatic heterocycles. The average Bonchev–Trinajstić information content (AvgIpc) is 2.19. The van der Waals surface area contributed by atoms with Gasteiger partial charge in [0.25, 0.3) is 0 Å². The molecule has 0 heterocycles. The van der Waals surface area contributed by atoms with Gasteiger partial charge in [-0.25, -0.2) is 4.39 Å². The van der Waals surface area contributed by atoms with Gasteiger partial charge in [0.1, 0.15) is 5.82 Å². The molecule has 0 atom stereocenters. The van der Waals surface area contributed by atoms with E-state index in [4.69, 9.17) is 27.9 Å². The third-order valence-corrected chi connectivity index (χ3v) is 2.27. The van der Waals surface area contributed by atoms with Crippen LogP contribution >= 0.6 is 23.2 Å². The maximum absolute atomic E-state index is 13.3. The van der Waals surface area contributed by atoms with E-state index in [1.165, 1.54) is 6.07 Å². The maximum atomic E-state index is 13.3. The maximum Gasteiger partial charge on any atom is 0.147 e. The van der Waals surface area contributed by atoms with Crippen molar-refractivity contribution in [2.24, 2.45) is 0 Å². The Bertz CT molecular complexity index is 291. The molecule has 0 aliphatic heterocycles. The standard InChI is InChI=1S/C10H11Cl2FO/c11-5-2-6-14-7-8-3-1-4-9(12)10(8)13/h1,3-4H,2,5-7H2. The highest BCUT2D eigenvalue weighted by Gasteiger charge is 2.05. The minimum absolute atomic E-state index is 0.128. The monoisotopic (exact) mass is 236 g/mol. The van der Waals surface area contributed by atoms with E-state index in [0.29, 0.717) is 18.1 Å². The van der Waals surface area contributed by atoms with E-state index in [1.54, 1.807) is 12.1 Å². The predicted octanol–water partition coefficient (Wildman–Crippen LogP) is 3.62.